The fraction of sp³-hybridized carbons (Fsp3) is 0.833. The molecule has 0 unspecified atom stereocenters. The molecule has 0 aliphatic rings. The number of nitrogens with two attached hydrogens (primary N) is 2. The summed E-state index contributed by atoms with van der Waals surface area (Å²) in [7, 11) is 0. The van der Waals surface area contributed by atoms with E-state index in [1.165, 1.54) is 12.8 Å². The van der Waals surface area contributed by atoms with Crippen LogP contribution in [0, 0.1) is 0 Å². The molecule has 3 heteroatoms. The summed E-state index contributed by atoms with van der Waals surface area (Å²) in [6, 6.07) is 0. The van der Waals surface area contributed by atoms with Crippen LogP contribution in [0.4, 0.5) is 0 Å². The topological polar surface area (TPSA) is 66.0 Å². The first-order chi connectivity index (χ1) is 4.27. The van der Waals surface area contributed by atoms with Crippen LogP contribution in [0.15, 0.2) is 0 Å². The standard InChI is InChI=1S/C6H15N3/c1-2-3-4-5-9-6(7)8/h2-5H2,1H3,(H4,7,8,9)/p+1. The summed E-state index contributed by atoms with van der Waals surface area (Å²) in [4.78, 5) is 2.85. The van der Waals surface area contributed by atoms with Crippen LogP contribution >= 0.6 is 0 Å². The molecule has 0 amide bonds. The Kier molecular flexibility index (Phi) is 4.97. The van der Waals surface area contributed by atoms with Gasteiger partial charge in [0.1, 0.15) is 0 Å². The van der Waals surface area contributed by atoms with Crippen LogP contribution in [-0.4, -0.2) is 12.5 Å². The molecule has 0 spiro atoms. The van der Waals surface area contributed by atoms with Gasteiger partial charge in [0.05, 0.1) is 6.54 Å². The normalized spacial score (nSPS) is 9.00. The molecule has 5 N–H and O–H groups in total. The molecular formula is C6H16N3+. The van der Waals surface area contributed by atoms with Gasteiger partial charge in [0.25, 0.3) is 0 Å². The highest BCUT2D eigenvalue weighted by Gasteiger charge is 1.85. The van der Waals surface area contributed by atoms with E-state index in [9.17, 15) is 0 Å². The Hall–Kier alpha value is -0.730. The van der Waals surface area contributed by atoms with E-state index >= 15 is 0 Å². The highest BCUT2D eigenvalue weighted by molar-refractivity contribution is 5.69. The third kappa shape index (κ3) is 7.27. The van der Waals surface area contributed by atoms with E-state index < -0.39 is 0 Å². The van der Waals surface area contributed by atoms with E-state index in [1.54, 1.807) is 0 Å². The van der Waals surface area contributed by atoms with Crippen molar-refractivity contribution in [1.29, 1.82) is 0 Å². The van der Waals surface area contributed by atoms with Crippen molar-refractivity contribution in [2.75, 3.05) is 6.54 Å². The van der Waals surface area contributed by atoms with Gasteiger partial charge in [-0.1, -0.05) is 19.8 Å². The van der Waals surface area contributed by atoms with Crippen molar-refractivity contribution in [2.24, 2.45) is 11.5 Å². The predicted molar refractivity (Wildman–Crippen MR) is 38.7 cm³/mol. The van der Waals surface area contributed by atoms with Crippen LogP contribution in [0.5, 0.6) is 0 Å². The van der Waals surface area contributed by atoms with Crippen molar-refractivity contribution in [1.82, 2.24) is 0 Å². The quantitative estimate of drug-likeness (QED) is 0.247. The van der Waals surface area contributed by atoms with Gasteiger partial charge in [-0.15, -0.1) is 0 Å². The van der Waals surface area contributed by atoms with E-state index in [2.05, 4.69) is 11.9 Å². The van der Waals surface area contributed by atoms with Crippen LogP contribution in [0.2, 0.25) is 0 Å². The predicted octanol–water partition coefficient (Wildman–Crippen LogP) is -1.47. The molecule has 0 atom stereocenters. The maximum Gasteiger partial charge on any atom is 0.338 e. The Morgan fingerprint density at radius 3 is 2.44 bits per heavy atom. The third-order valence-electron chi connectivity index (χ3n) is 1.11. The van der Waals surface area contributed by atoms with Crippen LogP contribution in [0.1, 0.15) is 26.2 Å². The lowest BCUT2D eigenvalue weighted by Crippen LogP contribution is -2.78. The average Bonchev–Trinajstić information content (AvgIpc) is 1.80. The SMILES string of the molecule is CCCCC[NH+]=C(N)N. The van der Waals surface area contributed by atoms with Crippen molar-refractivity contribution < 1.29 is 4.99 Å². The van der Waals surface area contributed by atoms with Crippen LogP contribution < -0.4 is 16.5 Å². The van der Waals surface area contributed by atoms with Crippen molar-refractivity contribution in [3.63, 3.8) is 0 Å². The Bertz CT molecular complexity index is 84.3. The lowest BCUT2D eigenvalue weighted by molar-refractivity contribution is -0.459. The Morgan fingerprint density at radius 2 is 2.00 bits per heavy atom. The summed E-state index contributed by atoms with van der Waals surface area (Å²) < 4.78 is 0. The largest absolute Gasteiger partial charge is 0.338 e. The van der Waals surface area contributed by atoms with Crippen molar-refractivity contribution in [2.45, 2.75) is 26.2 Å². The van der Waals surface area contributed by atoms with Gasteiger partial charge < -0.3 is 0 Å². The molecule has 3 nitrogen and oxygen atoms in total. The van der Waals surface area contributed by atoms with Crippen molar-refractivity contribution in [3.8, 4) is 0 Å². The second-order valence-corrected chi connectivity index (χ2v) is 2.09. The van der Waals surface area contributed by atoms with Crippen LogP contribution in [-0.2, 0) is 0 Å². The lowest BCUT2D eigenvalue weighted by atomic mass is 10.2. The zero-order valence-corrected chi connectivity index (χ0v) is 5.98. The Balaban J connectivity index is 3.00. The number of unbranched alkanes of at least 4 members (excludes halogenated alkanes) is 2. The van der Waals surface area contributed by atoms with E-state index in [4.69, 9.17) is 11.5 Å². The van der Waals surface area contributed by atoms with E-state index in [0.717, 1.165) is 13.0 Å². The second kappa shape index (κ2) is 5.41. The van der Waals surface area contributed by atoms with Crippen molar-refractivity contribution in [3.05, 3.63) is 0 Å². The molecule has 54 valence electrons. The molecule has 0 aromatic heterocycles. The fourth-order valence-electron chi connectivity index (χ4n) is 0.608. The summed E-state index contributed by atoms with van der Waals surface area (Å²) in [5, 5.41) is 0. The Morgan fingerprint density at radius 1 is 1.33 bits per heavy atom. The molecule has 0 rings (SSSR count). The third-order valence-corrected chi connectivity index (χ3v) is 1.11. The molecular weight excluding hydrogens is 114 g/mol. The van der Waals surface area contributed by atoms with Gasteiger partial charge in [-0.3, -0.25) is 16.5 Å². The molecule has 0 bridgehead atoms. The van der Waals surface area contributed by atoms with Gasteiger partial charge in [-0.25, -0.2) is 0 Å². The number of nitrogens with one attached hydrogen (secondary N) is 1. The molecule has 9 heavy (non-hydrogen) atoms. The molecule has 0 saturated heterocycles. The minimum atomic E-state index is 0.325. The molecule has 0 saturated carbocycles. The smallest absolute Gasteiger partial charge is 0.291 e. The van der Waals surface area contributed by atoms with Crippen LogP contribution in [0.25, 0.3) is 0 Å². The minimum Gasteiger partial charge on any atom is -0.291 e. The number of hydrogen-bond donors (Lipinski definition) is 3. The second-order valence-electron chi connectivity index (χ2n) is 2.09. The highest BCUT2D eigenvalue weighted by Crippen LogP contribution is 1.87. The van der Waals surface area contributed by atoms with Gasteiger partial charge in [-0.2, -0.15) is 0 Å². The van der Waals surface area contributed by atoms with Crippen molar-refractivity contribution >= 4 is 5.96 Å². The average molecular weight is 130 g/mol. The first kappa shape index (κ1) is 8.27. The molecule has 0 heterocycles. The fourth-order valence-corrected chi connectivity index (χ4v) is 0.608. The van der Waals surface area contributed by atoms with E-state index in [1.807, 2.05) is 0 Å². The summed E-state index contributed by atoms with van der Waals surface area (Å²) in [6.07, 6.45) is 3.61. The van der Waals surface area contributed by atoms with Gasteiger partial charge in [0.2, 0.25) is 0 Å². The highest BCUT2D eigenvalue weighted by atomic mass is 15.0. The number of rotatable bonds is 4. The van der Waals surface area contributed by atoms with Crippen LogP contribution in [0.3, 0.4) is 0 Å². The number of hydrogen-bond acceptors (Lipinski definition) is 0. The first-order valence-electron chi connectivity index (χ1n) is 3.39. The summed E-state index contributed by atoms with van der Waals surface area (Å²) in [5.74, 6) is 0.325. The zero-order valence-electron chi connectivity index (χ0n) is 5.98. The van der Waals surface area contributed by atoms with Gasteiger partial charge in [0.15, 0.2) is 0 Å². The summed E-state index contributed by atoms with van der Waals surface area (Å²) in [6.45, 7) is 3.06. The minimum absolute atomic E-state index is 0.325. The zero-order chi connectivity index (χ0) is 7.11. The molecule has 0 fully saturated rings. The molecule has 0 aromatic carbocycles. The maximum atomic E-state index is 5.16. The maximum absolute atomic E-state index is 5.16. The molecule has 0 aromatic rings. The summed E-state index contributed by atoms with van der Waals surface area (Å²) >= 11 is 0. The molecule has 0 radical (unpaired) electrons. The van der Waals surface area contributed by atoms with E-state index in [-0.39, 0.29) is 0 Å². The van der Waals surface area contributed by atoms with Gasteiger partial charge in [0, 0.05) is 0 Å². The van der Waals surface area contributed by atoms with Gasteiger partial charge >= 0.3 is 5.96 Å². The molecule has 0 aliphatic heterocycles. The lowest BCUT2D eigenvalue weighted by Gasteiger charge is -1.90. The van der Waals surface area contributed by atoms with E-state index in [0.29, 0.717) is 5.96 Å². The first-order valence-corrected chi connectivity index (χ1v) is 3.39. The summed E-state index contributed by atoms with van der Waals surface area (Å²) in [5.41, 5.74) is 10.3. The van der Waals surface area contributed by atoms with Gasteiger partial charge in [-0.05, 0) is 6.42 Å². The number of guanidine groups is 1. The monoisotopic (exact) mass is 130 g/mol. The Labute approximate surface area is 56.1 Å². The molecule has 0 aliphatic carbocycles.